The van der Waals surface area contributed by atoms with E-state index in [0.29, 0.717) is 17.4 Å². The molecule has 0 bridgehead atoms. The zero-order chi connectivity index (χ0) is 16.9. The molecular formula is C16H17F3N4O. The third kappa shape index (κ3) is 2.45. The van der Waals surface area contributed by atoms with Gasteiger partial charge < -0.3 is 15.0 Å². The van der Waals surface area contributed by atoms with E-state index in [2.05, 4.69) is 20.2 Å². The van der Waals surface area contributed by atoms with Gasteiger partial charge in [0.15, 0.2) is 6.10 Å². The summed E-state index contributed by atoms with van der Waals surface area (Å²) in [4.78, 5) is 10.7. The van der Waals surface area contributed by atoms with Crippen molar-refractivity contribution in [1.29, 1.82) is 0 Å². The minimum absolute atomic E-state index is 0.380. The number of rotatable bonds is 1. The summed E-state index contributed by atoms with van der Waals surface area (Å²) in [5.41, 5.74) is -0.205. The molecule has 1 aromatic rings. The predicted octanol–water partition coefficient (Wildman–Crippen LogP) is 2.24. The minimum Gasteiger partial charge on any atom is -0.479 e. The number of halogens is 3. The molecule has 3 aliphatic rings. The van der Waals surface area contributed by atoms with Crippen molar-refractivity contribution in [2.75, 3.05) is 20.1 Å². The van der Waals surface area contributed by atoms with Gasteiger partial charge in [-0.1, -0.05) is 0 Å². The number of benzene rings is 1. The van der Waals surface area contributed by atoms with Crippen LogP contribution in [0.2, 0.25) is 0 Å². The van der Waals surface area contributed by atoms with Gasteiger partial charge in [-0.15, -0.1) is 0 Å². The van der Waals surface area contributed by atoms with Crippen molar-refractivity contribution < 1.29 is 17.9 Å². The highest BCUT2D eigenvalue weighted by molar-refractivity contribution is 5.96. The van der Waals surface area contributed by atoms with Gasteiger partial charge in [0, 0.05) is 24.7 Å². The molecular weight excluding hydrogens is 321 g/mol. The molecule has 1 N–H and O–H groups in total. The highest BCUT2D eigenvalue weighted by atomic mass is 19.4. The van der Waals surface area contributed by atoms with Gasteiger partial charge in [0.25, 0.3) is 0 Å². The summed E-state index contributed by atoms with van der Waals surface area (Å²) in [6.45, 7) is 1.65. The van der Waals surface area contributed by atoms with Gasteiger partial charge >= 0.3 is 6.18 Å². The van der Waals surface area contributed by atoms with Crippen molar-refractivity contribution >= 4 is 12.2 Å². The lowest BCUT2D eigenvalue weighted by Gasteiger charge is -2.28. The number of likely N-dealkylation sites (N-methyl/N-ethyl adjacent to an activating group) is 1. The Morgan fingerprint density at radius 3 is 2.88 bits per heavy atom. The molecule has 1 aromatic carbocycles. The fourth-order valence-corrected chi connectivity index (χ4v) is 3.48. The maximum atomic E-state index is 13.0. The van der Waals surface area contributed by atoms with Gasteiger partial charge in [0.05, 0.1) is 5.56 Å². The molecule has 128 valence electrons. The van der Waals surface area contributed by atoms with Crippen LogP contribution in [-0.2, 0) is 6.18 Å². The fraction of sp³-hybridized carbons (Fsp3) is 0.500. The van der Waals surface area contributed by atoms with Crippen molar-refractivity contribution in [2.45, 2.75) is 30.8 Å². The first-order valence-electron chi connectivity index (χ1n) is 7.86. The third-order valence-corrected chi connectivity index (χ3v) is 4.79. The largest absolute Gasteiger partial charge is 0.479 e. The number of hydrogen-bond donors (Lipinski definition) is 1. The average Bonchev–Trinajstić information content (AvgIpc) is 3.17. The van der Waals surface area contributed by atoms with Crippen LogP contribution in [0.25, 0.3) is 0 Å². The maximum absolute atomic E-state index is 13.0. The van der Waals surface area contributed by atoms with Gasteiger partial charge in [0.1, 0.15) is 24.0 Å². The Hall–Kier alpha value is -2.09. The number of fused-ring (bicyclic) bond motifs is 3. The van der Waals surface area contributed by atoms with E-state index in [4.69, 9.17) is 4.74 Å². The molecule has 2 unspecified atom stereocenters. The van der Waals surface area contributed by atoms with Crippen molar-refractivity contribution in [3.63, 3.8) is 0 Å². The molecule has 0 radical (unpaired) electrons. The standard InChI is InChI=1S/C16H17F3N4O/c1-20-10-4-5-23(7-10)15-14-13(21-8-22-15)11-6-9(16(17,18)19)2-3-12(11)24-14/h2-3,6,8,10,13-14,20H,4-5,7H2,1H3/t10-,13?,14?/m0/s1. The third-order valence-electron chi connectivity index (χ3n) is 4.79. The van der Waals surface area contributed by atoms with Crippen LogP contribution in [0.4, 0.5) is 13.2 Å². The van der Waals surface area contributed by atoms with Crippen LogP contribution in [0.3, 0.4) is 0 Å². The lowest BCUT2D eigenvalue weighted by molar-refractivity contribution is -0.137. The molecule has 0 amide bonds. The number of ether oxygens (including phenoxy) is 1. The van der Waals surface area contributed by atoms with Gasteiger partial charge in [-0.05, 0) is 31.7 Å². The smallest absolute Gasteiger partial charge is 0.416 e. The van der Waals surface area contributed by atoms with E-state index in [9.17, 15) is 13.2 Å². The lowest BCUT2D eigenvalue weighted by Crippen LogP contribution is -2.44. The van der Waals surface area contributed by atoms with Crippen LogP contribution in [-0.4, -0.2) is 49.4 Å². The van der Waals surface area contributed by atoms with Crippen molar-refractivity contribution in [1.82, 2.24) is 10.2 Å². The van der Waals surface area contributed by atoms with Crippen LogP contribution >= 0.6 is 0 Å². The number of aliphatic imine (C=N–C) groups is 2. The SMILES string of the molecule is CN[C@H]1CCN(C2=NC=NC3c4cc(C(F)(F)F)ccc4OC23)C1. The number of alkyl halides is 3. The quantitative estimate of drug-likeness (QED) is 0.854. The van der Waals surface area contributed by atoms with Crippen molar-refractivity contribution in [3.05, 3.63) is 29.3 Å². The molecule has 3 heterocycles. The molecule has 3 aliphatic heterocycles. The Morgan fingerprint density at radius 1 is 1.33 bits per heavy atom. The average molecular weight is 338 g/mol. The summed E-state index contributed by atoms with van der Waals surface area (Å²) in [5.74, 6) is 1.20. The first-order chi connectivity index (χ1) is 11.5. The molecule has 8 heteroatoms. The van der Waals surface area contributed by atoms with Crippen molar-refractivity contribution in [2.24, 2.45) is 9.98 Å². The van der Waals surface area contributed by atoms with Crippen LogP contribution in [0, 0.1) is 0 Å². The first-order valence-corrected chi connectivity index (χ1v) is 7.86. The van der Waals surface area contributed by atoms with E-state index < -0.39 is 23.9 Å². The predicted molar refractivity (Wildman–Crippen MR) is 83.6 cm³/mol. The summed E-state index contributed by atoms with van der Waals surface area (Å²) in [7, 11) is 1.92. The molecule has 4 rings (SSSR count). The summed E-state index contributed by atoms with van der Waals surface area (Å²) in [5, 5.41) is 3.24. The molecule has 0 spiro atoms. The molecule has 1 saturated heterocycles. The molecule has 0 saturated carbocycles. The summed E-state index contributed by atoms with van der Waals surface area (Å²) in [6.07, 6.45) is -2.40. The van der Waals surface area contributed by atoms with E-state index in [1.807, 2.05) is 7.05 Å². The summed E-state index contributed by atoms with van der Waals surface area (Å²) >= 11 is 0. The lowest BCUT2D eigenvalue weighted by atomic mass is 10.00. The number of likely N-dealkylation sites (tertiary alicyclic amines) is 1. The Morgan fingerprint density at radius 2 is 2.17 bits per heavy atom. The van der Waals surface area contributed by atoms with E-state index in [1.165, 1.54) is 12.4 Å². The molecule has 3 atom stereocenters. The normalized spacial score (nSPS) is 28.4. The highest BCUT2D eigenvalue weighted by Crippen LogP contribution is 2.44. The molecule has 24 heavy (non-hydrogen) atoms. The van der Waals surface area contributed by atoms with Crippen molar-refractivity contribution in [3.8, 4) is 5.75 Å². The second kappa shape index (κ2) is 5.47. The number of nitrogens with zero attached hydrogens (tertiary/aromatic N) is 3. The monoisotopic (exact) mass is 338 g/mol. The van der Waals surface area contributed by atoms with E-state index in [0.717, 1.165) is 37.5 Å². The van der Waals surface area contributed by atoms with Gasteiger partial charge in [0.2, 0.25) is 0 Å². The summed E-state index contributed by atoms with van der Waals surface area (Å²) < 4.78 is 44.8. The molecule has 1 fully saturated rings. The first kappa shape index (κ1) is 15.4. The van der Waals surface area contributed by atoms with E-state index >= 15 is 0 Å². The van der Waals surface area contributed by atoms with E-state index in [1.54, 1.807) is 0 Å². The zero-order valence-electron chi connectivity index (χ0n) is 13.0. The zero-order valence-corrected chi connectivity index (χ0v) is 13.0. The molecule has 0 aromatic heterocycles. The molecule has 5 nitrogen and oxygen atoms in total. The topological polar surface area (TPSA) is 49.2 Å². The fourth-order valence-electron chi connectivity index (χ4n) is 3.48. The highest BCUT2D eigenvalue weighted by Gasteiger charge is 2.44. The Balaban J connectivity index is 1.62. The Labute approximate surface area is 137 Å². The van der Waals surface area contributed by atoms with Crippen LogP contribution in [0.1, 0.15) is 23.6 Å². The van der Waals surface area contributed by atoms with Crippen LogP contribution in [0.15, 0.2) is 28.2 Å². The van der Waals surface area contributed by atoms with Crippen LogP contribution in [0.5, 0.6) is 5.75 Å². The Kier molecular flexibility index (Phi) is 3.52. The number of amidine groups is 1. The van der Waals surface area contributed by atoms with Crippen LogP contribution < -0.4 is 10.1 Å². The maximum Gasteiger partial charge on any atom is 0.416 e. The van der Waals surface area contributed by atoms with E-state index in [-0.39, 0.29) is 0 Å². The van der Waals surface area contributed by atoms with Gasteiger partial charge in [-0.2, -0.15) is 13.2 Å². The minimum atomic E-state index is -4.38. The van der Waals surface area contributed by atoms with Gasteiger partial charge in [-0.3, -0.25) is 4.99 Å². The summed E-state index contributed by atoms with van der Waals surface area (Å²) in [6, 6.07) is 3.47. The number of hydrogen-bond acceptors (Lipinski definition) is 5. The molecule has 0 aliphatic carbocycles. The second-order valence-electron chi connectivity index (χ2n) is 6.21. The second-order valence-corrected chi connectivity index (χ2v) is 6.21. The number of nitrogens with one attached hydrogen (secondary N) is 1. The van der Waals surface area contributed by atoms with Gasteiger partial charge in [-0.25, -0.2) is 4.99 Å². The Bertz CT molecular complexity index is 716.